The molecule has 7 nitrogen and oxygen atoms in total. The van der Waals surface area contributed by atoms with Crippen LogP contribution in [0.4, 0.5) is 4.79 Å². The molecule has 0 heterocycles. The molecule has 45 heavy (non-hydrogen) atoms. The number of carbonyl (C=O) groups is 1. The van der Waals surface area contributed by atoms with Gasteiger partial charge >= 0.3 is 6.09 Å². The van der Waals surface area contributed by atoms with E-state index in [1.165, 1.54) is 99.3 Å². The van der Waals surface area contributed by atoms with Crippen molar-refractivity contribution >= 4 is 6.09 Å². The summed E-state index contributed by atoms with van der Waals surface area (Å²) in [7, 11) is 0. The second-order valence-corrected chi connectivity index (χ2v) is 11.9. The normalized spacial score (nSPS) is 12.3. The van der Waals surface area contributed by atoms with E-state index in [2.05, 4.69) is 36.5 Å². The monoisotopic (exact) mass is 625 g/mol. The summed E-state index contributed by atoms with van der Waals surface area (Å²) < 4.78 is 27.9. The van der Waals surface area contributed by atoms with Gasteiger partial charge in [-0.3, -0.25) is 0 Å². The fourth-order valence-corrected chi connectivity index (χ4v) is 5.86. The number of ether oxygens (including phenoxy) is 5. The molecule has 1 aliphatic rings. The maximum Gasteiger partial charge on any atom is 0.407 e. The predicted octanol–water partition coefficient (Wildman–Crippen LogP) is 8.68. The summed E-state index contributed by atoms with van der Waals surface area (Å²) in [6.45, 7) is 7.47. The first kappa shape index (κ1) is 37.0. The molecule has 2 aromatic rings. The number of benzene rings is 2. The van der Waals surface area contributed by atoms with Crippen LogP contribution in [0.1, 0.15) is 107 Å². The van der Waals surface area contributed by atoms with E-state index < -0.39 is 6.09 Å². The molecule has 0 atom stereocenters. The van der Waals surface area contributed by atoms with E-state index >= 15 is 0 Å². The Kier molecular flexibility index (Phi) is 20.3. The van der Waals surface area contributed by atoms with E-state index in [4.69, 9.17) is 23.7 Å². The van der Waals surface area contributed by atoms with E-state index in [0.717, 1.165) is 13.0 Å². The van der Waals surface area contributed by atoms with Crippen molar-refractivity contribution in [2.24, 2.45) is 0 Å². The minimum absolute atomic E-state index is 0.0574. The lowest BCUT2D eigenvalue weighted by Crippen LogP contribution is -2.29. The van der Waals surface area contributed by atoms with Crippen molar-refractivity contribution in [3.63, 3.8) is 0 Å². The summed E-state index contributed by atoms with van der Waals surface area (Å²) in [5.41, 5.74) is 4.84. The zero-order valence-corrected chi connectivity index (χ0v) is 27.9. The molecule has 0 bridgehead atoms. The van der Waals surface area contributed by atoms with E-state index in [1.54, 1.807) is 0 Å². The molecule has 2 aromatic carbocycles. The Bertz CT molecular complexity index is 985. The van der Waals surface area contributed by atoms with Gasteiger partial charge < -0.3 is 29.0 Å². The highest BCUT2D eigenvalue weighted by molar-refractivity contribution is 5.79. The van der Waals surface area contributed by atoms with Crippen molar-refractivity contribution in [2.75, 3.05) is 66.0 Å². The van der Waals surface area contributed by atoms with Crippen LogP contribution in [0, 0.1) is 0 Å². The van der Waals surface area contributed by atoms with Crippen molar-refractivity contribution in [1.82, 2.24) is 5.32 Å². The predicted molar refractivity (Wildman–Crippen MR) is 182 cm³/mol. The highest BCUT2D eigenvalue weighted by Crippen LogP contribution is 2.44. The fourth-order valence-electron chi connectivity index (χ4n) is 5.86. The van der Waals surface area contributed by atoms with Crippen LogP contribution in [-0.2, 0) is 23.7 Å². The summed E-state index contributed by atoms with van der Waals surface area (Å²) in [6, 6.07) is 16.6. The van der Waals surface area contributed by atoms with Crippen LogP contribution < -0.4 is 5.32 Å². The molecule has 1 aliphatic carbocycles. The number of carbonyl (C=O) groups excluding carboxylic acids is 1. The number of hydrogen-bond donors (Lipinski definition) is 1. The number of hydrogen-bond acceptors (Lipinski definition) is 6. The van der Waals surface area contributed by atoms with Crippen molar-refractivity contribution in [3.8, 4) is 11.1 Å². The average molecular weight is 626 g/mol. The van der Waals surface area contributed by atoms with E-state index in [1.807, 2.05) is 24.3 Å². The van der Waals surface area contributed by atoms with Gasteiger partial charge in [0.2, 0.25) is 0 Å². The summed E-state index contributed by atoms with van der Waals surface area (Å²) in [5.74, 6) is 0.0574. The van der Waals surface area contributed by atoms with Crippen LogP contribution in [0.25, 0.3) is 11.1 Å². The van der Waals surface area contributed by atoms with Gasteiger partial charge in [-0.05, 0) is 28.7 Å². The Morgan fingerprint density at radius 2 is 0.978 bits per heavy atom. The smallest absolute Gasteiger partial charge is 0.407 e. The molecule has 252 valence electrons. The lowest BCUT2D eigenvalue weighted by molar-refractivity contribution is -0.00181. The topological polar surface area (TPSA) is 75.3 Å². The number of fused-ring (bicyclic) bond motifs is 3. The molecule has 0 saturated carbocycles. The van der Waals surface area contributed by atoms with Crippen molar-refractivity contribution < 1.29 is 28.5 Å². The van der Waals surface area contributed by atoms with Crippen LogP contribution in [0.2, 0.25) is 0 Å². The van der Waals surface area contributed by atoms with Gasteiger partial charge in [-0.2, -0.15) is 0 Å². The van der Waals surface area contributed by atoms with Crippen LogP contribution >= 0.6 is 0 Å². The molecule has 0 radical (unpaired) electrons. The molecule has 0 aromatic heterocycles. The quantitative estimate of drug-likeness (QED) is 0.0954. The molecule has 1 amide bonds. The standard InChI is InChI=1S/C38H59NO6/c1-2-3-4-5-6-7-8-9-10-11-12-13-18-24-41-26-28-43-30-31-44-29-27-42-25-23-39-38(40)45-32-37-35-21-16-14-19-33(35)34-20-15-17-22-36(34)37/h14-17,19-22,37H,2-13,18,23-32H2,1H3,(H,39,40). The first-order chi connectivity index (χ1) is 22.3. The third-order valence-electron chi connectivity index (χ3n) is 8.37. The zero-order valence-electron chi connectivity index (χ0n) is 27.9. The van der Waals surface area contributed by atoms with Crippen molar-refractivity contribution in [1.29, 1.82) is 0 Å². The largest absolute Gasteiger partial charge is 0.449 e. The summed E-state index contributed by atoms with van der Waals surface area (Å²) in [6.07, 6.45) is 17.3. The first-order valence-electron chi connectivity index (χ1n) is 17.7. The fraction of sp³-hybridized carbons (Fsp3) is 0.658. The van der Waals surface area contributed by atoms with Crippen molar-refractivity contribution in [2.45, 2.75) is 96.3 Å². The minimum Gasteiger partial charge on any atom is -0.449 e. The van der Waals surface area contributed by atoms with Crippen LogP contribution in [0.15, 0.2) is 48.5 Å². The van der Waals surface area contributed by atoms with E-state index in [-0.39, 0.29) is 5.92 Å². The molecule has 0 fully saturated rings. The van der Waals surface area contributed by atoms with Crippen LogP contribution in [0.3, 0.4) is 0 Å². The third-order valence-corrected chi connectivity index (χ3v) is 8.37. The molecule has 0 unspecified atom stereocenters. The summed E-state index contributed by atoms with van der Waals surface area (Å²) in [5, 5.41) is 2.76. The van der Waals surface area contributed by atoms with Gasteiger partial charge in [-0.25, -0.2) is 4.79 Å². The Morgan fingerprint density at radius 3 is 1.49 bits per heavy atom. The maximum atomic E-state index is 12.2. The van der Waals surface area contributed by atoms with Gasteiger partial charge in [0, 0.05) is 19.1 Å². The molecular formula is C38H59NO6. The maximum absolute atomic E-state index is 12.2. The second kappa shape index (κ2) is 24.7. The van der Waals surface area contributed by atoms with E-state index in [0.29, 0.717) is 59.4 Å². The van der Waals surface area contributed by atoms with Gasteiger partial charge in [0.25, 0.3) is 0 Å². The summed E-state index contributed by atoms with van der Waals surface area (Å²) in [4.78, 5) is 12.2. The number of nitrogens with one attached hydrogen (secondary N) is 1. The second-order valence-electron chi connectivity index (χ2n) is 11.9. The lowest BCUT2D eigenvalue weighted by atomic mass is 9.98. The summed E-state index contributed by atoms with van der Waals surface area (Å²) >= 11 is 0. The molecule has 0 spiro atoms. The van der Waals surface area contributed by atoms with Gasteiger partial charge in [-0.15, -0.1) is 0 Å². The number of alkyl carbamates (subject to hydrolysis) is 1. The third kappa shape index (κ3) is 15.6. The lowest BCUT2D eigenvalue weighted by Gasteiger charge is -2.14. The molecule has 0 saturated heterocycles. The van der Waals surface area contributed by atoms with Gasteiger partial charge in [0.05, 0.1) is 46.2 Å². The average Bonchev–Trinajstić information content (AvgIpc) is 3.39. The first-order valence-corrected chi connectivity index (χ1v) is 17.7. The van der Waals surface area contributed by atoms with Gasteiger partial charge in [0.1, 0.15) is 6.61 Å². The molecule has 7 heteroatoms. The SMILES string of the molecule is CCCCCCCCCCCCCCCOCCOCCOCCOCCNC(=O)OCC1c2ccccc2-c2ccccc21. The highest BCUT2D eigenvalue weighted by Gasteiger charge is 2.28. The Labute approximate surface area is 272 Å². The zero-order chi connectivity index (χ0) is 31.6. The molecule has 3 rings (SSSR count). The molecular weight excluding hydrogens is 566 g/mol. The van der Waals surface area contributed by atoms with Crippen LogP contribution in [0.5, 0.6) is 0 Å². The Hall–Kier alpha value is -2.45. The Morgan fingerprint density at radius 1 is 0.556 bits per heavy atom. The number of rotatable bonds is 28. The van der Waals surface area contributed by atoms with Crippen LogP contribution in [-0.4, -0.2) is 72.1 Å². The minimum atomic E-state index is -0.429. The van der Waals surface area contributed by atoms with E-state index in [9.17, 15) is 4.79 Å². The Balaban J connectivity index is 1.01. The number of amides is 1. The highest BCUT2D eigenvalue weighted by atomic mass is 16.6. The molecule has 1 N–H and O–H groups in total. The number of unbranched alkanes of at least 4 members (excludes halogenated alkanes) is 12. The van der Waals surface area contributed by atoms with Crippen molar-refractivity contribution in [3.05, 3.63) is 59.7 Å². The molecule has 0 aliphatic heterocycles. The van der Waals surface area contributed by atoms with Gasteiger partial charge in [-0.1, -0.05) is 133 Å². The van der Waals surface area contributed by atoms with Gasteiger partial charge in [0.15, 0.2) is 0 Å².